The van der Waals surface area contributed by atoms with Gasteiger partial charge in [-0.05, 0) is 51.0 Å². The standard InChI is InChI=1S/C16H18FN3O3S.C5H12O.C2H6/c1-24(22,23)20-8-13(16-15(20)4-5-19(16)9-21)12-7-18-14-6-10(17)2-3-11(12)14;1-5(2,3)6-4;1-2/h2-3,6-7,9,13,15-16,18H,4-5,8H2,1H3;1-4H3;1-2H3/t13?,15-,16-;;/m1../s1. The van der Waals surface area contributed by atoms with Crippen LogP contribution in [0.3, 0.4) is 0 Å². The van der Waals surface area contributed by atoms with E-state index < -0.39 is 10.0 Å². The van der Waals surface area contributed by atoms with Crippen LogP contribution < -0.4 is 0 Å². The minimum Gasteiger partial charge on any atom is -0.379 e. The molecule has 0 radical (unpaired) electrons. The zero-order valence-corrected chi connectivity index (χ0v) is 20.9. The Morgan fingerprint density at radius 2 is 1.88 bits per heavy atom. The van der Waals surface area contributed by atoms with Gasteiger partial charge in [-0.1, -0.05) is 13.8 Å². The van der Waals surface area contributed by atoms with Gasteiger partial charge >= 0.3 is 0 Å². The van der Waals surface area contributed by atoms with E-state index >= 15 is 0 Å². The van der Waals surface area contributed by atoms with Crippen LogP contribution in [-0.2, 0) is 19.6 Å². The number of aromatic amines is 1. The number of ether oxygens (including phenoxy) is 1. The third-order valence-corrected chi connectivity index (χ3v) is 7.14. The number of carbonyl (C=O) groups is 1. The number of nitrogens with one attached hydrogen (secondary N) is 1. The Bertz CT molecular complexity index is 1020. The van der Waals surface area contributed by atoms with E-state index in [1.807, 2.05) is 34.6 Å². The Kier molecular flexibility index (Phi) is 8.47. The highest BCUT2D eigenvalue weighted by Gasteiger charge is 2.52. The summed E-state index contributed by atoms with van der Waals surface area (Å²) in [6.07, 6.45) is 4.46. The minimum absolute atomic E-state index is 0.0417. The number of halogens is 1. The maximum absolute atomic E-state index is 13.4. The number of likely N-dealkylation sites (tertiary alicyclic amines) is 1. The van der Waals surface area contributed by atoms with Crippen molar-refractivity contribution in [3.05, 3.63) is 35.8 Å². The van der Waals surface area contributed by atoms with Gasteiger partial charge in [0.1, 0.15) is 5.82 Å². The van der Waals surface area contributed by atoms with Crippen LogP contribution in [0.25, 0.3) is 10.9 Å². The van der Waals surface area contributed by atoms with Crippen molar-refractivity contribution < 1.29 is 22.3 Å². The van der Waals surface area contributed by atoms with E-state index in [0.29, 0.717) is 25.0 Å². The summed E-state index contributed by atoms with van der Waals surface area (Å²) in [6.45, 7) is 11.0. The van der Waals surface area contributed by atoms with Gasteiger partial charge in [-0.25, -0.2) is 12.8 Å². The zero-order valence-electron chi connectivity index (χ0n) is 20.1. The number of hydrogen-bond acceptors (Lipinski definition) is 4. The summed E-state index contributed by atoms with van der Waals surface area (Å²) in [5.41, 5.74) is 1.65. The molecular weight excluding hydrogens is 433 g/mol. The van der Waals surface area contributed by atoms with Gasteiger partial charge in [-0.15, -0.1) is 0 Å². The normalized spacial score (nSPS) is 23.2. The second kappa shape index (κ2) is 10.3. The van der Waals surface area contributed by atoms with Crippen molar-refractivity contribution in [1.29, 1.82) is 0 Å². The Labute approximate surface area is 191 Å². The lowest BCUT2D eigenvalue weighted by atomic mass is 9.91. The fraction of sp³-hybridized carbons (Fsp3) is 0.609. The van der Waals surface area contributed by atoms with Crippen molar-refractivity contribution in [2.45, 2.75) is 64.6 Å². The molecule has 3 atom stereocenters. The first kappa shape index (κ1) is 26.3. The van der Waals surface area contributed by atoms with Crippen LogP contribution in [0.1, 0.15) is 52.5 Å². The number of rotatable bonds is 3. The second-order valence-corrected chi connectivity index (χ2v) is 10.8. The molecule has 4 rings (SSSR count). The summed E-state index contributed by atoms with van der Waals surface area (Å²) in [6, 6.07) is 4.15. The number of hydrogen-bond donors (Lipinski definition) is 1. The molecule has 1 unspecified atom stereocenters. The van der Waals surface area contributed by atoms with Crippen LogP contribution in [-0.4, -0.2) is 73.2 Å². The number of amides is 1. The summed E-state index contributed by atoms with van der Waals surface area (Å²) in [5, 5.41) is 0.869. The lowest BCUT2D eigenvalue weighted by molar-refractivity contribution is -0.119. The summed E-state index contributed by atoms with van der Waals surface area (Å²) in [7, 11) is -1.64. The van der Waals surface area contributed by atoms with Gasteiger partial charge < -0.3 is 14.6 Å². The molecule has 180 valence electrons. The van der Waals surface area contributed by atoms with Crippen molar-refractivity contribution >= 4 is 27.3 Å². The number of sulfonamides is 1. The van der Waals surface area contributed by atoms with Crippen LogP contribution in [0, 0.1) is 5.82 Å². The lowest BCUT2D eigenvalue weighted by Crippen LogP contribution is -2.39. The first-order valence-corrected chi connectivity index (χ1v) is 12.8. The summed E-state index contributed by atoms with van der Waals surface area (Å²) in [4.78, 5) is 16.2. The maximum Gasteiger partial charge on any atom is 0.211 e. The fourth-order valence-corrected chi connectivity index (χ4v) is 5.44. The molecule has 1 amide bonds. The number of nitrogens with zero attached hydrogens (tertiary/aromatic N) is 2. The largest absolute Gasteiger partial charge is 0.379 e. The number of methoxy groups -OCH3 is 1. The first-order chi connectivity index (χ1) is 15.0. The van der Waals surface area contributed by atoms with Crippen molar-refractivity contribution in [3.63, 3.8) is 0 Å². The van der Waals surface area contributed by atoms with Crippen molar-refractivity contribution in [2.24, 2.45) is 0 Å². The average molecular weight is 470 g/mol. The van der Waals surface area contributed by atoms with Crippen molar-refractivity contribution in [1.82, 2.24) is 14.2 Å². The lowest BCUT2D eigenvalue weighted by Gasteiger charge is -2.25. The molecule has 1 aromatic carbocycles. The van der Waals surface area contributed by atoms with Gasteiger partial charge in [0, 0.05) is 49.3 Å². The fourth-order valence-electron chi connectivity index (χ4n) is 4.29. The predicted octanol–water partition coefficient (Wildman–Crippen LogP) is 3.72. The Hall–Kier alpha value is -1.97. The Balaban J connectivity index is 0.000000396. The average Bonchev–Trinajstić information content (AvgIpc) is 3.42. The maximum atomic E-state index is 13.4. The summed E-state index contributed by atoms with van der Waals surface area (Å²) in [5.74, 6) is -0.454. The van der Waals surface area contributed by atoms with E-state index in [2.05, 4.69) is 4.98 Å². The molecule has 3 heterocycles. The smallest absolute Gasteiger partial charge is 0.211 e. The van der Waals surface area contributed by atoms with Crippen molar-refractivity contribution in [2.75, 3.05) is 26.5 Å². The molecule has 2 aromatic rings. The molecule has 0 saturated carbocycles. The molecule has 9 heteroatoms. The molecule has 32 heavy (non-hydrogen) atoms. The van der Waals surface area contributed by atoms with E-state index in [1.165, 1.54) is 22.7 Å². The molecule has 2 aliphatic rings. The molecule has 2 aliphatic heterocycles. The molecule has 0 aliphatic carbocycles. The van der Waals surface area contributed by atoms with Gasteiger partial charge in [-0.3, -0.25) is 4.79 Å². The van der Waals surface area contributed by atoms with Gasteiger partial charge in [0.15, 0.2) is 0 Å². The highest BCUT2D eigenvalue weighted by atomic mass is 32.2. The van der Waals surface area contributed by atoms with Gasteiger partial charge in [0.05, 0.1) is 17.9 Å². The highest BCUT2D eigenvalue weighted by molar-refractivity contribution is 7.88. The molecule has 7 nitrogen and oxygen atoms in total. The number of aromatic nitrogens is 1. The molecule has 0 bridgehead atoms. The van der Waals surface area contributed by atoms with E-state index in [1.54, 1.807) is 24.3 Å². The first-order valence-electron chi connectivity index (χ1n) is 11.0. The number of H-pyrrole nitrogens is 1. The number of benzene rings is 1. The van der Waals surface area contributed by atoms with E-state index in [-0.39, 0.29) is 29.4 Å². The van der Waals surface area contributed by atoms with Crippen LogP contribution >= 0.6 is 0 Å². The summed E-state index contributed by atoms with van der Waals surface area (Å²) >= 11 is 0. The minimum atomic E-state index is -3.35. The topological polar surface area (TPSA) is 82.7 Å². The quantitative estimate of drug-likeness (QED) is 0.695. The summed E-state index contributed by atoms with van der Waals surface area (Å²) < 4.78 is 44.2. The Morgan fingerprint density at radius 1 is 1.25 bits per heavy atom. The van der Waals surface area contributed by atoms with Crippen LogP contribution in [0.4, 0.5) is 4.39 Å². The van der Waals surface area contributed by atoms with Crippen molar-refractivity contribution in [3.8, 4) is 0 Å². The number of fused-ring (bicyclic) bond motifs is 2. The van der Waals surface area contributed by atoms with Gasteiger partial charge in [-0.2, -0.15) is 4.31 Å². The zero-order chi connectivity index (χ0) is 24.3. The number of carbonyl (C=O) groups excluding carboxylic acids is 1. The second-order valence-electron chi connectivity index (χ2n) is 8.88. The van der Waals surface area contributed by atoms with E-state index in [9.17, 15) is 17.6 Å². The van der Waals surface area contributed by atoms with Gasteiger partial charge in [0.2, 0.25) is 16.4 Å². The SMILES string of the molecule is CC.COC(C)(C)C.CS(=O)(=O)N1CC(c2c[nH]c3cc(F)ccc23)[C@@H]2[C@H]1CCN2C=O. The third-order valence-electron chi connectivity index (χ3n) is 5.87. The van der Waals surface area contributed by atoms with E-state index in [4.69, 9.17) is 4.74 Å². The van der Waals surface area contributed by atoms with Crippen LogP contribution in [0.15, 0.2) is 24.4 Å². The van der Waals surface area contributed by atoms with Crippen LogP contribution in [0.5, 0.6) is 0 Å². The molecule has 1 N–H and O–H groups in total. The molecular formula is C23H36FN3O4S. The monoisotopic (exact) mass is 469 g/mol. The predicted molar refractivity (Wildman–Crippen MR) is 126 cm³/mol. The van der Waals surface area contributed by atoms with E-state index in [0.717, 1.165) is 17.4 Å². The molecule has 1 aromatic heterocycles. The molecule has 2 saturated heterocycles. The van der Waals surface area contributed by atoms with Crippen LogP contribution in [0.2, 0.25) is 0 Å². The van der Waals surface area contributed by atoms with Gasteiger partial charge in [0.25, 0.3) is 0 Å². The highest BCUT2D eigenvalue weighted by Crippen LogP contribution is 2.43. The third kappa shape index (κ3) is 5.68. The molecule has 0 spiro atoms. The molecule has 2 fully saturated rings. The Morgan fingerprint density at radius 3 is 2.41 bits per heavy atom.